The molecule has 0 N–H and O–H groups in total. The number of carboxylic acid groups (broad SMARTS) is 1. The Hall–Kier alpha value is -0.580. The van der Waals surface area contributed by atoms with E-state index in [0.29, 0.717) is 0 Å². The highest BCUT2D eigenvalue weighted by Gasteiger charge is 2.73. The largest absolute Gasteiger partial charge is 0.550 e. The molecule has 0 aromatic rings. The maximum atomic E-state index is 10.8. The molecule has 0 amide bonds. The van der Waals surface area contributed by atoms with Crippen molar-refractivity contribution in [3.05, 3.63) is 0 Å². The van der Waals surface area contributed by atoms with E-state index in [1.165, 1.54) is 0 Å². The van der Waals surface area contributed by atoms with Crippen LogP contribution in [0.1, 0.15) is 0 Å². The summed E-state index contributed by atoms with van der Waals surface area (Å²) in [6, 6.07) is 0. The summed E-state index contributed by atoms with van der Waals surface area (Å²) in [4.78, 5) is 21.2. The lowest BCUT2D eigenvalue weighted by Crippen LogP contribution is -2.30. The first-order valence-electron chi connectivity index (χ1n) is 3.14. The van der Waals surface area contributed by atoms with Gasteiger partial charge in [0.2, 0.25) is 0 Å². The summed E-state index contributed by atoms with van der Waals surface area (Å²) < 4.78 is 3.97. The van der Waals surface area contributed by atoms with Crippen molar-refractivity contribution < 1.29 is 19.4 Å². The molecule has 1 saturated heterocycles. The number of aliphatic carboxylic acids is 1. The van der Waals surface area contributed by atoms with Crippen LogP contribution < -0.4 is 5.11 Å². The Balaban J connectivity index is 2.24. The zero-order valence-electron chi connectivity index (χ0n) is 5.37. The lowest BCUT2D eigenvalue weighted by Gasteiger charge is -2.07. The minimum absolute atomic E-state index is 0.148. The fourth-order valence-corrected chi connectivity index (χ4v) is 2.41. The van der Waals surface area contributed by atoms with Crippen LogP contribution in [0.15, 0.2) is 0 Å². The van der Waals surface area contributed by atoms with Gasteiger partial charge in [0.05, 0.1) is 10.2 Å². The number of fused-ring (bicyclic) bond motifs is 1. The van der Waals surface area contributed by atoms with Gasteiger partial charge < -0.3 is 14.6 Å². The summed E-state index contributed by atoms with van der Waals surface area (Å²) in [5.74, 6) is -2.82. The molecule has 4 nitrogen and oxygen atoms in total. The lowest BCUT2D eigenvalue weighted by atomic mass is 10.3. The van der Waals surface area contributed by atoms with Crippen molar-refractivity contribution in [3.8, 4) is 0 Å². The van der Waals surface area contributed by atoms with Crippen LogP contribution in [0.25, 0.3) is 0 Å². The van der Waals surface area contributed by atoms with Crippen molar-refractivity contribution in [1.29, 1.82) is 0 Å². The Morgan fingerprint density at radius 3 is 2.73 bits per heavy atom. The molecule has 11 heavy (non-hydrogen) atoms. The second-order valence-electron chi connectivity index (χ2n) is 2.81. The van der Waals surface area contributed by atoms with Crippen molar-refractivity contribution >= 4 is 27.9 Å². The summed E-state index contributed by atoms with van der Waals surface area (Å²) in [5.41, 5.74) is 0. The van der Waals surface area contributed by atoms with Gasteiger partial charge in [-0.15, -0.1) is 0 Å². The molecule has 0 radical (unpaired) electrons. The number of carbonyl (C=O) groups excluding carboxylic acids is 2. The molecule has 3 atom stereocenters. The van der Waals surface area contributed by atoms with E-state index in [-0.39, 0.29) is 6.61 Å². The van der Waals surface area contributed by atoms with Crippen molar-refractivity contribution in [3.63, 3.8) is 0 Å². The smallest absolute Gasteiger partial charge is 0.311 e. The fourth-order valence-electron chi connectivity index (χ4n) is 1.52. The number of rotatable bonds is 1. The SMILES string of the molecule is O=C1OC[C@]2(Br)[C@H]1[C@@H]2C(=O)[O-]. The number of hydrogen-bond donors (Lipinski definition) is 0. The number of carbonyl (C=O) groups is 2. The van der Waals surface area contributed by atoms with E-state index in [1.54, 1.807) is 0 Å². The molecule has 0 aromatic heterocycles. The minimum atomic E-state index is -1.18. The summed E-state index contributed by atoms with van der Waals surface area (Å²) in [5, 5.41) is 10.4. The second kappa shape index (κ2) is 1.77. The van der Waals surface area contributed by atoms with E-state index in [1.807, 2.05) is 0 Å². The molecular weight excluding hydrogens is 216 g/mol. The van der Waals surface area contributed by atoms with Gasteiger partial charge in [0.15, 0.2) is 0 Å². The second-order valence-corrected chi connectivity index (χ2v) is 4.29. The van der Waals surface area contributed by atoms with Gasteiger partial charge in [0.1, 0.15) is 6.61 Å². The third-order valence-corrected chi connectivity index (χ3v) is 3.42. The number of halogens is 1. The molecule has 1 aliphatic heterocycles. The van der Waals surface area contributed by atoms with Crippen LogP contribution >= 0.6 is 15.9 Å². The molecule has 0 aromatic carbocycles. The number of alkyl halides is 1. The predicted octanol–water partition coefficient (Wildman–Crippen LogP) is -1.33. The topological polar surface area (TPSA) is 66.4 Å². The third kappa shape index (κ3) is 0.690. The fraction of sp³-hybridized carbons (Fsp3) is 0.667. The van der Waals surface area contributed by atoms with Crippen molar-refractivity contribution in [2.45, 2.75) is 4.32 Å². The monoisotopic (exact) mass is 219 g/mol. The number of esters is 1. The predicted molar refractivity (Wildman–Crippen MR) is 34.6 cm³/mol. The highest BCUT2D eigenvalue weighted by molar-refractivity contribution is 9.10. The number of carboxylic acids is 1. The summed E-state index contributed by atoms with van der Waals surface area (Å²) in [6.07, 6.45) is 0. The van der Waals surface area contributed by atoms with Crippen molar-refractivity contribution in [2.24, 2.45) is 11.8 Å². The quantitative estimate of drug-likeness (QED) is 0.405. The van der Waals surface area contributed by atoms with E-state index in [2.05, 4.69) is 20.7 Å². The van der Waals surface area contributed by atoms with Crippen molar-refractivity contribution in [2.75, 3.05) is 6.61 Å². The van der Waals surface area contributed by atoms with E-state index < -0.39 is 28.1 Å². The van der Waals surface area contributed by atoms with Crippen LogP contribution in [0.5, 0.6) is 0 Å². The summed E-state index contributed by atoms with van der Waals surface area (Å²) in [6.45, 7) is 0.148. The third-order valence-electron chi connectivity index (χ3n) is 2.20. The molecule has 2 rings (SSSR count). The summed E-state index contributed by atoms with van der Waals surface area (Å²) in [7, 11) is 0. The molecule has 1 aliphatic carbocycles. The Labute approximate surface area is 70.7 Å². The van der Waals surface area contributed by atoms with E-state index in [0.717, 1.165) is 0 Å². The molecule has 0 bridgehead atoms. The number of cyclic esters (lactones) is 1. The molecular formula is C6H4BrO4-. The normalized spacial score (nSPS) is 46.5. The van der Waals surface area contributed by atoms with Gasteiger partial charge >= 0.3 is 5.97 Å². The van der Waals surface area contributed by atoms with Crippen LogP contribution in [0, 0.1) is 11.8 Å². The van der Waals surface area contributed by atoms with E-state index >= 15 is 0 Å². The van der Waals surface area contributed by atoms with Gasteiger partial charge in [-0.1, -0.05) is 15.9 Å². The Morgan fingerprint density at radius 2 is 2.45 bits per heavy atom. The molecule has 0 unspecified atom stereocenters. The van der Waals surface area contributed by atoms with Crippen LogP contribution in [-0.2, 0) is 14.3 Å². The van der Waals surface area contributed by atoms with Crippen LogP contribution in [-0.4, -0.2) is 22.9 Å². The first-order chi connectivity index (χ1) is 5.07. The first-order valence-corrected chi connectivity index (χ1v) is 3.93. The zero-order chi connectivity index (χ0) is 8.22. The molecule has 1 saturated carbocycles. The molecule has 1 heterocycles. The average Bonchev–Trinajstić information content (AvgIpc) is 2.43. The number of ether oxygens (including phenoxy) is 1. The zero-order valence-corrected chi connectivity index (χ0v) is 6.96. The van der Waals surface area contributed by atoms with Gasteiger partial charge in [-0.2, -0.15) is 0 Å². The molecule has 0 spiro atoms. The molecule has 5 heteroatoms. The number of hydrogen-bond acceptors (Lipinski definition) is 4. The Bertz CT molecular complexity index is 245. The minimum Gasteiger partial charge on any atom is -0.550 e. The van der Waals surface area contributed by atoms with Gasteiger partial charge in [0, 0.05) is 11.9 Å². The van der Waals surface area contributed by atoms with Crippen molar-refractivity contribution in [1.82, 2.24) is 0 Å². The first kappa shape index (κ1) is 7.09. The van der Waals surface area contributed by atoms with Gasteiger partial charge in [-0.3, -0.25) is 4.79 Å². The van der Waals surface area contributed by atoms with Crippen LogP contribution in [0.4, 0.5) is 0 Å². The molecule has 2 aliphatic rings. The maximum absolute atomic E-state index is 10.8. The molecule has 2 fully saturated rings. The standard InChI is InChI=1S/C6H5BrO4/c7-6-1-11-5(10)3(6)2(6)4(8)9/h2-3H,1H2,(H,8,9)/p-1/t2-,3+,6-/m1/s1. The van der Waals surface area contributed by atoms with Gasteiger partial charge in [0.25, 0.3) is 0 Å². The van der Waals surface area contributed by atoms with Crippen LogP contribution in [0.2, 0.25) is 0 Å². The Kier molecular flexibility index (Phi) is 1.14. The molecule has 60 valence electrons. The average molecular weight is 220 g/mol. The maximum Gasteiger partial charge on any atom is 0.311 e. The van der Waals surface area contributed by atoms with Crippen LogP contribution in [0.3, 0.4) is 0 Å². The lowest BCUT2D eigenvalue weighted by molar-refractivity contribution is -0.308. The summed E-state index contributed by atoms with van der Waals surface area (Å²) >= 11 is 3.16. The Morgan fingerprint density at radius 1 is 1.82 bits per heavy atom. The van der Waals surface area contributed by atoms with Gasteiger partial charge in [-0.05, 0) is 0 Å². The highest BCUT2D eigenvalue weighted by atomic mass is 79.9. The highest BCUT2D eigenvalue weighted by Crippen LogP contribution is 2.61. The van der Waals surface area contributed by atoms with E-state index in [9.17, 15) is 14.7 Å². The van der Waals surface area contributed by atoms with Gasteiger partial charge in [-0.25, -0.2) is 0 Å². The van der Waals surface area contributed by atoms with E-state index in [4.69, 9.17) is 0 Å².